The maximum atomic E-state index is 2.44. The van der Waals surface area contributed by atoms with E-state index in [-0.39, 0.29) is 0 Å². The topological polar surface area (TPSA) is 0 Å². The van der Waals surface area contributed by atoms with Crippen molar-refractivity contribution in [3.8, 4) is 0 Å². The molecular formula is C18H22Ge. The SMILES string of the molecule is CC1=[C](C)[Ge]([CH]2C=CC=C2)([CH]2C=CC=C2)[C](C)=C1C. The van der Waals surface area contributed by atoms with Crippen LogP contribution in [-0.4, -0.2) is 13.3 Å². The van der Waals surface area contributed by atoms with Crippen molar-refractivity contribution in [1.82, 2.24) is 0 Å². The van der Waals surface area contributed by atoms with E-state index in [1.807, 2.05) is 0 Å². The molecule has 0 N–H and O–H groups in total. The van der Waals surface area contributed by atoms with E-state index in [0.717, 1.165) is 0 Å². The van der Waals surface area contributed by atoms with Crippen molar-refractivity contribution < 1.29 is 0 Å². The molecule has 98 valence electrons. The third kappa shape index (κ3) is 1.59. The Morgan fingerprint density at radius 1 is 0.632 bits per heavy atom. The third-order valence-corrected chi connectivity index (χ3v) is 18.3. The van der Waals surface area contributed by atoms with E-state index >= 15 is 0 Å². The van der Waals surface area contributed by atoms with Crippen molar-refractivity contribution in [3.63, 3.8) is 0 Å². The van der Waals surface area contributed by atoms with Crippen LogP contribution in [0.3, 0.4) is 0 Å². The molecule has 0 radical (unpaired) electrons. The van der Waals surface area contributed by atoms with Crippen molar-refractivity contribution in [3.05, 3.63) is 68.6 Å². The quantitative estimate of drug-likeness (QED) is 0.615. The molecule has 19 heavy (non-hydrogen) atoms. The predicted octanol–water partition coefficient (Wildman–Crippen LogP) is 5.19. The second-order valence-electron chi connectivity index (χ2n) is 5.96. The van der Waals surface area contributed by atoms with Crippen LogP contribution < -0.4 is 0 Å². The predicted molar refractivity (Wildman–Crippen MR) is 86.6 cm³/mol. The summed E-state index contributed by atoms with van der Waals surface area (Å²) in [6.07, 6.45) is 18.7. The van der Waals surface area contributed by atoms with E-state index < -0.39 is 13.3 Å². The minimum atomic E-state index is -2.32. The molecule has 0 aromatic rings. The molecule has 3 aliphatic rings. The molecule has 0 saturated carbocycles. The molecule has 0 spiro atoms. The van der Waals surface area contributed by atoms with Crippen LogP contribution in [0.5, 0.6) is 0 Å². The first kappa shape index (κ1) is 13.0. The van der Waals surface area contributed by atoms with Crippen LogP contribution in [0.25, 0.3) is 0 Å². The monoisotopic (exact) mass is 312 g/mol. The molecule has 1 aliphatic heterocycles. The molecule has 3 rings (SSSR count). The molecule has 1 heterocycles. The average Bonchev–Trinajstić information content (AvgIpc) is 3.12. The van der Waals surface area contributed by atoms with Crippen LogP contribution in [0.15, 0.2) is 68.6 Å². The van der Waals surface area contributed by atoms with Gasteiger partial charge < -0.3 is 0 Å². The number of allylic oxidation sites excluding steroid dienone is 12. The number of hydrogen-bond donors (Lipinski definition) is 0. The first-order valence-electron chi connectivity index (χ1n) is 7.16. The fourth-order valence-electron chi connectivity index (χ4n) is 4.16. The molecule has 0 saturated heterocycles. The Labute approximate surface area is 119 Å². The van der Waals surface area contributed by atoms with E-state index in [9.17, 15) is 0 Å². The van der Waals surface area contributed by atoms with Crippen molar-refractivity contribution in [2.75, 3.05) is 0 Å². The second kappa shape index (κ2) is 4.52. The third-order valence-electron chi connectivity index (χ3n) is 5.48. The summed E-state index contributed by atoms with van der Waals surface area (Å²) in [4.78, 5) is 0. The van der Waals surface area contributed by atoms with Gasteiger partial charge in [0, 0.05) is 0 Å². The fraction of sp³-hybridized carbons (Fsp3) is 0.333. The summed E-state index contributed by atoms with van der Waals surface area (Å²) in [6, 6.07) is 0. The van der Waals surface area contributed by atoms with Gasteiger partial charge in [-0.05, 0) is 0 Å². The molecular weight excluding hydrogens is 289 g/mol. The number of hydrogen-bond acceptors (Lipinski definition) is 0. The van der Waals surface area contributed by atoms with E-state index in [1.165, 1.54) is 0 Å². The molecule has 0 atom stereocenters. The fourth-order valence-corrected chi connectivity index (χ4v) is 17.3. The van der Waals surface area contributed by atoms with Gasteiger partial charge in [-0.1, -0.05) is 0 Å². The van der Waals surface area contributed by atoms with Crippen LogP contribution in [0.4, 0.5) is 0 Å². The van der Waals surface area contributed by atoms with Gasteiger partial charge in [0.05, 0.1) is 0 Å². The Balaban J connectivity index is 2.24. The van der Waals surface area contributed by atoms with Crippen molar-refractivity contribution in [2.24, 2.45) is 0 Å². The summed E-state index contributed by atoms with van der Waals surface area (Å²) in [6.45, 7) is 9.47. The van der Waals surface area contributed by atoms with Crippen LogP contribution in [0.2, 0.25) is 9.50 Å². The molecule has 0 aromatic heterocycles. The first-order valence-corrected chi connectivity index (χ1v) is 11.7. The van der Waals surface area contributed by atoms with Crippen LogP contribution in [-0.2, 0) is 0 Å². The molecule has 0 aromatic carbocycles. The van der Waals surface area contributed by atoms with Gasteiger partial charge in [-0.15, -0.1) is 0 Å². The normalized spacial score (nSPS) is 25.7. The van der Waals surface area contributed by atoms with Gasteiger partial charge in [-0.2, -0.15) is 0 Å². The van der Waals surface area contributed by atoms with Gasteiger partial charge in [0.15, 0.2) is 0 Å². The Hall–Kier alpha value is -1.02. The summed E-state index contributed by atoms with van der Waals surface area (Å²) in [5.74, 6) is 0. The van der Waals surface area contributed by atoms with Crippen LogP contribution >= 0.6 is 0 Å². The summed E-state index contributed by atoms with van der Waals surface area (Å²) in [5.41, 5.74) is 3.14. The Morgan fingerprint density at radius 2 is 0.947 bits per heavy atom. The minimum absolute atomic E-state index is 0.671. The van der Waals surface area contributed by atoms with Crippen molar-refractivity contribution in [2.45, 2.75) is 37.2 Å². The summed E-state index contributed by atoms with van der Waals surface area (Å²) < 4.78 is 4.81. The zero-order valence-corrected chi connectivity index (χ0v) is 14.4. The van der Waals surface area contributed by atoms with Gasteiger partial charge in [0.1, 0.15) is 0 Å². The van der Waals surface area contributed by atoms with E-state index in [4.69, 9.17) is 0 Å². The summed E-state index contributed by atoms with van der Waals surface area (Å²) in [5, 5.41) is 0. The van der Waals surface area contributed by atoms with Gasteiger partial charge in [-0.3, -0.25) is 0 Å². The van der Waals surface area contributed by atoms with Gasteiger partial charge in [0.2, 0.25) is 0 Å². The molecule has 0 amide bonds. The van der Waals surface area contributed by atoms with Crippen LogP contribution in [0, 0.1) is 0 Å². The van der Waals surface area contributed by atoms with E-state index in [0.29, 0.717) is 9.50 Å². The molecule has 0 bridgehead atoms. The average molecular weight is 311 g/mol. The van der Waals surface area contributed by atoms with E-state index in [2.05, 4.69) is 76.3 Å². The van der Waals surface area contributed by atoms with Crippen molar-refractivity contribution in [1.29, 1.82) is 0 Å². The van der Waals surface area contributed by atoms with Gasteiger partial charge >= 0.3 is 119 Å². The van der Waals surface area contributed by atoms with Crippen molar-refractivity contribution >= 4 is 13.3 Å². The standard InChI is InChI=1S/C18H22Ge/c1-13-14(2)16(4)19(15(13)3,17-9-5-6-10-17)18-11-7-8-12-18/h5-12,17-18H,1-4H3. The molecule has 0 fully saturated rings. The maximum absolute atomic E-state index is 2.44. The summed E-state index contributed by atoms with van der Waals surface area (Å²) in [7, 11) is 0. The Kier molecular flexibility index (Phi) is 3.09. The molecule has 2 aliphatic carbocycles. The molecule has 1 heteroatoms. The Bertz CT molecular complexity index is 515. The van der Waals surface area contributed by atoms with Crippen LogP contribution in [0.1, 0.15) is 27.7 Å². The molecule has 0 unspecified atom stereocenters. The van der Waals surface area contributed by atoms with E-state index in [1.54, 1.807) is 20.0 Å². The zero-order chi connectivity index (χ0) is 13.6. The number of rotatable bonds is 2. The first-order chi connectivity index (χ1) is 9.10. The zero-order valence-electron chi connectivity index (χ0n) is 12.3. The second-order valence-corrected chi connectivity index (χ2v) is 15.6. The molecule has 0 nitrogen and oxygen atoms in total. The van der Waals surface area contributed by atoms with Gasteiger partial charge in [0.25, 0.3) is 0 Å². The summed E-state index contributed by atoms with van der Waals surface area (Å²) >= 11 is -2.32. The Morgan fingerprint density at radius 3 is 1.26 bits per heavy atom. The van der Waals surface area contributed by atoms with Gasteiger partial charge in [-0.25, -0.2) is 0 Å².